The van der Waals surface area contributed by atoms with Crippen LogP contribution in [0, 0.1) is 0 Å². The first kappa shape index (κ1) is 21.2. The summed E-state index contributed by atoms with van der Waals surface area (Å²) in [6.45, 7) is 0. The normalized spacial score (nSPS) is 12.2. The SMILES string of the molecule is CN(C(=O)CCS(=O)(=O)CCC(F)(F)F)c1cn(-c2cccnc2)nc1Cl. The van der Waals surface area contributed by atoms with Gasteiger partial charge in [0.05, 0.1) is 36.0 Å². The van der Waals surface area contributed by atoms with E-state index in [1.54, 1.807) is 18.3 Å². The van der Waals surface area contributed by atoms with E-state index in [1.807, 2.05) is 0 Å². The summed E-state index contributed by atoms with van der Waals surface area (Å²) < 4.78 is 61.2. The summed E-state index contributed by atoms with van der Waals surface area (Å²) in [6, 6.07) is 3.40. The van der Waals surface area contributed by atoms with Gasteiger partial charge in [-0.2, -0.15) is 18.3 Å². The summed E-state index contributed by atoms with van der Waals surface area (Å²) in [5.41, 5.74) is 0.833. The molecule has 2 heterocycles. The molecule has 0 fully saturated rings. The van der Waals surface area contributed by atoms with Gasteiger partial charge in [0.25, 0.3) is 0 Å². The van der Waals surface area contributed by atoms with Crippen LogP contribution >= 0.6 is 11.6 Å². The van der Waals surface area contributed by atoms with Gasteiger partial charge in [0.15, 0.2) is 15.0 Å². The maximum absolute atomic E-state index is 12.2. The van der Waals surface area contributed by atoms with Crippen molar-refractivity contribution in [2.45, 2.75) is 19.0 Å². The molecule has 0 aliphatic rings. The van der Waals surface area contributed by atoms with E-state index in [4.69, 9.17) is 11.6 Å². The number of alkyl halides is 3. The number of hydrogen-bond acceptors (Lipinski definition) is 5. The van der Waals surface area contributed by atoms with Crippen LogP contribution in [-0.4, -0.2) is 53.8 Å². The fourth-order valence-electron chi connectivity index (χ4n) is 2.11. The zero-order chi connectivity index (χ0) is 20.2. The Morgan fingerprint density at radius 1 is 1.33 bits per heavy atom. The highest BCUT2D eigenvalue weighted by atomic mass is 35.5. The van der Waals surface area contributed by atoms with Crippen molar-refractivity contribution in [3.63, 3.8) is 0 Å². The van der Waals surface area contributed by atoms with E-state index in [9.17, 15) is 26.4 Å². The van der Waals surface area contributed by atoms with Crippen LogP contribution in [0.5, 0.6) is 0 Å². The van der Waals surface area contributed by atoms with Crippen molar-refractivity contribution in [1.29, 1.82) is 0 Å². The van der Waals surface area contributed by atoms with Crippen LogP contribution in [0.2, 0.25) is 5.15 Å². The molecule has 7 nitrogen and oxygen atoms in total. The molecule has 0 spiro atoms. The number of halogens is 4. The molecule has 2 rings (SSSR count). The Kier molecular flexibility index (Phi) is 6.47. The molecule has 0 aliphatic heterocycles. The first-order valence-corrected chi connectivity index (χ1v) is 9.88. The average molecular weight is 425 g/mol. The fraction of sp³-hybridized carbons (Fsp3) is 0.400. The van der Waals surface area contributed by atoms with Crippen molar-refractivity contribution in [2.24, 2.45) is 0 Å². The van der Waals surface area contributed by atoms with Gasteiger partial charge in [0.1, 0.15) is 5.69 Å². The molecule has 0 atom stereocenters. The number of aromatic nitrogens is 3. The number of carbonyl (C=O) groups excluding carboxylic acids is 1. The lowest BCUT2D eigenvalue weighted by Gasteiger charge is -2.15. The Morgan fingerprint density at radius 2 is 2.04 bits per heavy atom. The second-order valence-electron chi connectivity index (χ2n) is 5.68. The summed E-state index contributed by atoms with van der Waals surface area (Å²) in [5.74, 6) is -2.34. The highest BCUT2D eigenvalue weighted by Crippen LogP contribution is 2.26. The lowest BCUT2D eigenvalue weighted by Crippen LogP contribution is -2.29. The molecule has 2 aromatic heterocycles. The van der Waals surface area contributed by atoms with E-state index in [2.05, 4.69) is 10.1 Å². The van der Waals surface area contributed by atoms with Gasteiger partial charge in [-0.15, -0.1) is 0 Å². The van der Waals surface area contributed by atoms with Gasteiger partial charge in [0.2, 0.25) is 5.91 Å². The predicted octanol–water partition coefficient (Wildman–Crippen LogP) is 2.64. The van der Waals surface area contributed by atoms with E-state index in [0.717, 1.165) is 4.90 Å². The Bertz CT molecular complexity index is 901. The second-order valence-corrected chi connectivity index (χ2v) is 8.34. The van der Waals surface area contributed by atoms with Crippen molar-refractivity contribution >= 4 is 33.0 Å². The van der Waals surface area contributed by atoms with Crippen molar-refractivity contribution < 1.29 is 26.4 Å². The highest BCUT2D eigenvalue weighted by Gasteiger charge is 2.30. The van der Waals surface area contributed by atoms with Gasteiger partial charge >= 0.3 is 6.18 Å². The van der Waals surface area contributed by atoms with E-state index in [0.29, 0.717) is 5.69 Å². The van der Waals surface area contributed by atoms with Crippen molar-refractivity contribution in [1.82, 2.24) is 14.8 Å². The van der Waals surface area contributed by atoms with E-state index < -0.39 is 46.3 Å². The summed E-state index contributed by atoms with van der Waals surface area (Å²) >= 11 is 6.03. The third-order valence-electron chi connectivity index (χ3n) is 3.62. The van der Waals surface area contributed by atoms with E-state index in [1.165, 1.54) is 24.1 Å². The van der Waals surface area contributed by atoms with Gasteiger partial charge in [-0.1, -0.05) is 11.6 Å². The molecule has 12 heteroatoms. The topological polar surface area (TPSA) is 85.2 Å². The summed E-state index contributed by atoms with van der Waals surface area (Å²) in [4.78, 5) is 17.3. The van der Waals surface area contributed by atoms with Gasteiger partial charge in [0, 0.05) is 19.7 Å². The van der Waals surface area contributed by atoms with Crippen LogP contribution in [0.4, 0.5) is 18.9 Å². The lowest BCUT2D eigenvalue weighted by molar-refractivity contribution is -0.129. The van der Waals surface area contributed by atoms with Crippen LogP contribution < -0.4 is 4.90 Å². The number of pyridine rings is 1. The first-order chi connectivity index (χ1) is 12.5. The molecule has 0 saturated heterocycles. The molecular weight excluding hydrogens is 409 g/mol. The third-order valence-corrected chi connectivity index (χ3v) is 5.54. The molecular formula is C15H16ClF3N4O3S. The molecule has 0 radical (unpaired) electrons. The monoisotopic (exact) mass is 424 g/mol. The number of anilines is 1. The third kappa shape index (κ3) is 6.21. The minimum absolute atomic E-state index is 0.00892. The predicted molar refractivity (Wildman–Crippen MR) is 93.7 cm³/mol. The quantitative estimate of drug-likeness (QED) is 0.682. The molecule has 2 aromatic rings. The van der Waals surface area contributed by atoms with Crippen LogP contribution in [0.15, 0.2) is 30.7 Å². The zero-order valence-electron chi connectivity index (χ0n) is 14.1. The van der Waals surface area contributed by atoms with Gasteiger partial charge in [-0.05, 0) is 12.1 Å². The number of hydrogen-bond donors (Lipinski definition) is 0. The van der Waals surface area contributed by atoms with Crippen molar-refractivity contribution in [3.05, 3.63) is 35.9 Å². The zero-order valence-corrected chi connectivity index (χ0v) is 15.7. The molecule has 0 N–H and O–H groups in total. The maximum Gasteiger partial charge on any atom is 0.390 e. The molecule has 0 saturated carbocycles. The highest BCUT2D eigenvalue weighted by molar-refractivity contribution is 7.91. The van der Waals surface area contributed by atoms with Crippen LogP contribution in [0.25, 0.3) is 5.69 Å². The average Bonchev–Trinajstić information content (AvgIpc) is 2.99. The molecule has 0 bridgehead atoms. The van der Waals surface area contributed by atoms with Crippen LogP contribution in [0.3, 0.4) is 0 Å². The standard InChI is InChI=1S/C15H16ClF3N4O3S/c1-22(13(24)4-7-27(25,26)8-5-15(17,18)19)12-10-23(21-14(12)16)11-3-2-6-20-9-11/h2-3,6,9-10H,4-5,7-8H2,1H3. The smallest absolute Gasteiger partial charge is 0.311 e. The molecule has 148 valence electrons. The number of carbonyl (C=O) groups is 1. The van der Waals surface area contributed by atoms with Crippen LogP contribution in [-0.2, 0) is 14.6 Å². The van der Waals surface area contributed by atoms with Crippen LogP contribution in [0.1, 0.15) is 12.8 Å². The summed E-state index contributed by atoms with van der Waals surface area (Å²) in [6.07, 6.45) is -1.90. The second kappa shape index (κ2) is 8.26. The minimum Gasteiger partial charge on any atom is -0.311 e. The molecule has 0 aliphatic carbocycles. The Labute approximate surface area is 158 Å². The van der Waals surface area contributed by atoms with E-state index in [-0.39, 0.29) is 10.8 Å². The molecule has 1 amide bonds. The van der Waals surface area contributed by atoms with Crippen molar-refractivity contribution in [3.8, 4) is 5.69 Å². The maximum atomic E-state index is 12.2. The largest absolute Gasteiger partial charge is 0.390 e. The molecule has 0 unspecified atom stereocenters. The lowest BCUT2D eigenvalue weighted by atomic mass is 10.4. The van der Waals surface area contributed by atoms with Gasteiger partial charge < -0.3 is 4.90 Å². The number of rotatable bonds is 7. The fourth-order valence-corrected chi connectivity index (χ4v) is 3.60. The first-order valence-electron chi connectivity index (χ1n) is 7.68. The Hall–Kier alpha value is -2.14. The number of amides is 1. The van der Waals surface area contributed by atoms with Gasteiger partial charge in [-0.3, -0.25) is 9.78 Å². The Balaban J connectivity index is 2.02. The number of sulfone groups is 1. The summed E-state index contributed by atoms with van der Waals surface area (Å²) in [7, 11) is -2.63. The minimum atomic E-state index is -4.57. The number of nitrogens with zero attached hydrogens (tertiary/aromatic N) is 4. The molecule has 0 aromatic carbocycles. The Morgan fingerprint density at radius 3 is 2.63 bits per heavy atom. The summed E-state index contributed by atoms with van der Waals surface area (Å²) in [5, 5.41) is 4.06. The van der Waals surface area contributed by atoms with Gasteiger partial charge in [-0.25, -0.2) is 13.1 Å². The van der Waals surface area contributed by atoms with Crippen molar-refractivity contribution in [2.75, 3.05) is 23.5 Å². The van der Waals surface area contributed by atoms with E-state index >= 15 is 0 Å². The molecule has 27 heavy (non-hydrogen) atoms.